The Morgan fingerprint density at radius 2 is 1.82 bits per heavy atom. The van der Waals surface area contributed by atoms with Gasteiger partial charge in [-0.2, -0.15) is 0 Å². The third kappa shape index (κ3) is 7.15. The molecule has 0 saturated heterocycles. The average Bonchev–Trinajstić information content (AvgIpc) is 2.77. The number of carbonyl (C=O) groups is 2. The number of nitrogens with one attached hydrogen (secondary N) is 3. The predicted molar refractivity (Wildman–Crippen MR) is 138 cm³/mol. The Bertz CT molecular complexity index is 1200. The van der Waals surface area contributed by atoms with Crippen molar-refractivity contribution in [2.75, 3.05) is 6.61 Å². The molecule has 0 unspecified atom stereocenters. The first-order valence-electron chi connectivity index (χ1n) is 9.90. The van der Waals surface area contributed by atoms with Gasteiger partial charge >= 0.3 is 0 Å². The van der Waals surface area contributed by atoms with E-state index < -0.39 is 11.8 Å². The fourth-order valence-corrected chi connectivity index (χ4v) is 3.98. The van der Waals surface area contributed by atoms with E-state index in [1.807, 2.05) is 38.1 Å². The summed E-state index contributed by atoms with van der Waals surface area (Å²) < 4.78 is 12.9. The van der Waals surface area contributed by atoms with E-state index in [9.17, 15) is 9.59 Å². The summed E-state index contributed by atoms with van der Waals surface area (Å²) in [5.41, 5.74) is 5.26. The Balaban J connectivity index is 1.48. The first-order chi connectivity index (χ1) is 15.7. The molecule has 0 radical (unpaired) electrons. The third-order valence-corrected chi connectivity index (χ3v) is 5.77. The minimum absolute atomic E-state index is 0.0131. The molecule has 0 saturated carbocycles. The molecule has 7 nitrogen and oxygen atoms in total. The van der Waals surface area contributed by atoms with Crippen molar-refractivity contribution in [1.82, 2.24) is 16.2 Å². The number of carbonyl (C=O) groups excluding carboxylic acids is 2. The quantitative estimate of drug-likeness (QED) is 0.279. The summed E-state index contributed by atoms with van der Waals surface area (Å²) in [6.45, 7) is 3.55. The molecule has 0 aliphatic rings. The highest BCUT2D eigenvalue weighted by molar-refractivity contribution is 9.11. The summed E-state index contributed by atoms with van der Waals surface area (Å²) in [5, 5.41) is 4.43. The number of thiocarbonyl (C=S) groups is 1. The van der Waals surface area contributed by atoms with Crippen molar-refractivity contribution in [3.63, 3.8) is 0 Å². The number of hydrogen-bond acceptors (Lipinski definition) is 5. The minimum atomic E-state index is -0.471. The predicted octanol–water partition coefficient (Wildman–Crippen LogP) is 4.87. The van der Waals surface area contributed by atoms with Crippen molar-refractivity contribution in [1.29, 1.82) is 0 Å². The average molecular weight is 595 g/mol. The van der Waals surface area contributed by atoms with Gasteiger partial charge in [0.1, 0.15) is 11.5 Å². The van der Waals surface area contributed by atoms with Crippen molar-refractivity contribution in [2.45, 2.75) is 20.0 Å². The van der Waals surface area contributed by atoms with Gasteiger partial charge in [0.15, 0.2) is 11.7 Å². The fourth-order valence-electron chi connectivity index (χ4n) is 2.85. The van der Waals surface area contributed by atoms with Gasteiger partial charge < -0.3 is 9.47 Å². The largest absolute Gasteiger partial charge is 0.491 e. The molecule has 3 aromatic rings. The Hall–Kier alpha value is -2.69. The first-order valence-corrected chi connectivity index (χ1v) is 11.9. The van der Waals surface area contributed by atoms with Gasteiger partial charge in [0.25, 0.3) is 11.8 Å². The van der Waals surface area contributed by atoms with Crippen LogP contribution in [-0.4, -0.2) is 29.6 Å². The zero-order chi connectivity index (χ0) is 24.0. The van der Waals surface area contributed by atoms with Gasteiger partial charge in [-0.15, -0.1) is 0 Å². The van der Waals surface area contributed by atoms with Gasteiger partial charge in [0.05, 0.1) is 10.6 Å². The van der Waals surface area contributed by atoms with Crippen LogP contribution in [0, 0.1) is 0 Å². The van der Waals surface area contributed by atoms with Crippen LogP contribution in [0.4, 0.5) is 0 Å². The third-order valence-electron chi connectivity index (χ3n) is 4.25. The Kier molecular flexibility index (Phi) is 8.65. The highest BCUT2D eigenvalue weighted by Crippen LogP contribution is 2.34. The van der Waals surface area contributed by atoms with Gasteiger partial charge in [0.2, 0.25) is 0 Å². The van der Waals surface area contributed by atoms with Gasteiger partial charge in [-0.25, -0.2) is 0 Å². The molecule has 10 heteroatoms. The topological polar surface area (TPSA) is 88.7 Å². The summed E-state index contributed by atoms with van der Waals surface area (Å²) in [6, 6.07) is 16.3. The highest BCUT2D eigenvalue weighted by atomic mass is 79.9. The molecule has 33 heavy (non-hydrogen) atoms. The summed E-state index contributed by atoms with van der Waals surface area (Å²) in [7, 11) is 0. The standard InChI is InChI=1S/C23H21Br2N3O4S/c1-13(2)32-17-5-3-4-15(11-17)22(30)26-23(33)28-27-20(29)12-31-19-9-6-14-10-16(24)7-8-18(14)21(19)25/h3-11,13H,12H2,1-2H3,(H,27,29)(H2,26,28,30,33). The number of ether oxygens (including phenoxy) is 2. The van der Waals surface area contributed by atoms with Crippen molar-refractivity contribution >= 4 is 71.8 Å². The maximum absolute atomic E-state index is 12.4. The number of hydrazine groups is 1. The lowest BCUT2D eigenvalue weighted by Crippen LogP contribution is -2.49. The van der Waals surface area contributed by atoms with E-state index in [0.29, 0.717) is 17.1 Å². The minimum Gasteiger partial charge on any atom is -0.491 e. The highest BCUT2D eigenvalue weighted by Gasteiger charge is 2.12. The molecule has 0 aliphatic carbocycles. The monoisotopic (exact) mass is 593 g/mol. The van der Waals surface area contributed by atoms with Crippen molar-refractivity contribution in [3.8, 4) is 11.5 Å². The Morgan fingerprint density at radius 3 is 2.58 bits per heavy atom. The number of hydrogen-bond donors (Lipinski definition) is 3. The van der Waals surface area contributed by atoms with Crippen LogP contribution in [0.15, 0.2) is 63.5 Å². The maximum atomic E-state index is 12.4. The lowest BCUT2D eigenvalue weighted by Gasteiger charge is -2.13. The van der Waals surface area contributed by atoms with Crippen LogP contribution in [0.5, 0.6) is 11.5 Å². The normalized spacial score (nSPS) is 10.6. The van der Waals surface area contributed by atoms with E-state index in [2.05, 4.69) is 48.0 Å². The molecule has 0 aromatic heterocycles. The molecule has 3 aromatic carbocycles. The van der Waals surface area contributed by atoms with Crippen LogP contribution in [0.25, 0.3) is 10.8 Å². The molecule has 0 heterocycles. The van der Waals surface area contributed by atoms with Crippen LogP contribution in [0.3, 0.4) is 0 Å². The van der Waals surface area contributed by atoms with E-state index in [-0.39, 0.29) is 17.8 Å². The van der Waals surface area contributed by atoms with Gasteiger partial charge in [-0.3, -0.25) is 25.8 Å². The lowest BCUT2D eigenvalue weighted by atomic mass is 10.1. The molecule has 0 fully saturated rings. The second kappa shape index (κ2) is 11.4. The Morgan fingerprint density at radius 1 is 1.03 bits per heavy atom. The first kappa shape index (κ1) is 24.9. The number of benzene rings is 3. The molecule has 3 rings (SSSR count). The summed E-state index contributed by atoms with van der Waals surface area (Å²) in [4.78, 5) is 24.5. The SMILES string of the molecule is CC(C)Oc1cccc(C(=O)NC(=S)NNC(=O)COc2ccc3cc(Br)ccc3c2Br)c1. The molecule has 0 atom stereocenters. The fraction of sp³-hybridized carbons (Fsp3) is 0.174. The van der Waals surface area contributed by atoms with E-state index in [1.54, 1.807) is 30.3 Å². The van der Waals surface area contributed by atoms with Crippen LogP contribution in [0.1, 0.15) is 24.2 Å². The second-order valence-corrected chi connectivity index (χ2v) is 9.30. The summed E-state index contributed by atoms with van der Waals surface area (Å²) in [6.07, 6.45) is -0.0131. The molecule has 3 N–H and O–H groups in total. The zero-order valence-electron chi connectivity index (χ0n) is 17.8. The van der Waals surface area contributed by atoms with Gasteiger partial charge in [-0.1, -0.05) is 34.1 Å². The van der Waals surface area contributed by atoms with E-state index in [0.717, 1.165) is 19.7 Å². The number of halogens is 2. The second-order valence-electron chi connectivity index (χ2n) is 7.18. The molecule has 0 bridgehead atoms. The van der Waals surface area contributed by atoms with E-state index in [4.69, 9.17) is 21.7 Å². The van der Waals surface area contributed by atoms with E-state index in [1.165, 1.54) is 0 Å². The Labute approximate surface area is 213 Å². The zero-order valence-corrected chi connectivity index (χ0v) is 21.8. The van der Waals surface area contributed by atoms with Crippen LogP contribution >= 0.6 is 44.1 Å². The van der Waals surface area contributed by atoms with Crippen LogP contribution in [-0.2, 0) is 4.79 Å². The van der Waals surface area contributed by atoms with Crippen molar-refractivity contribution < 1.29 is 19.1 Å². The van der Waals surface area contributed by atoms with Crippen molar-refractivity contribution in [2.24, 2.45) is 0 Å². The number of fused-ring (bicyclic) bond motifs is 1. The molecule has 0 spiro atoms. The molecular formula is C23H21Br2N3O4S. The molecular weight excluding hydrogens is 574 g/mol. The van der Waals surface area contributed by atoms with Gasteiger partial charge in [-0.05, 0) is 89.2 Å². The molecule has 0 aliphatic heterocycles. The lowest BCUT2D eigenvalue weighted by molar-refractivity contribution is -0.123. The molecule has 172 valence electrons. The van der Waals surface area contributed by atoms with Crippen LogP contribution < -0.4 is 25.6 Å². The number of rotatable bonds is 6. The van der Waals surface area contributed by atoms with E-state index >= 15 is 0 Å². The number of amides is 2. The van der Waals surface area contributed by atoms with Crippen molar-refractivity contribution in [3.05, 3.63) is 69.1 Å². The van der Waals surface area contributed by atoms with Gasteiger partial charge in [0, 0.05) is 10.0 Å². The molecule has 2 amide bonds. The smallest absolute Gasteiger partial charge is 0.276 e. The maximum Gasteiger partial charge on any atom is 0.276 e. The summed E-state index contributed by atoms with van der Waals surface area (Å²) >= 11 is 12.0. The van der Waals surface area contributed by atoms with Crippen LogP contribution in [0.2, 0.25) is 0 Å². The summed E-state index contributed by atoms with van der Waals surface area (Å²) in [5.74, 6) is 0.203.